The Morgan fingerprint density at radius 3 is 2.89 bits per heavy atom. The minimum Gasteiger partial charge on any atom is -0.314 e. The van der Waals surface area contributed by atoms with Crippen molar-refractivity contribution in [2.75, 3.05) is 6.54 Å². The molecule has 0 radical (unpaired) electrons. The lowest BCUT2D eigenvalue weighted by atomic mass is 9.90. The molecule has 1 heterocycles. The van der Waals surface area contributed by atoms with Crippen LogP contribution in [-0.2, 0) is 13.5 Å². The van der Waals surface area contributed by atoms with Crippen LogP contribution in [0, 0.1) is 5.92 Å². The molecule has 1 fully saturated rings. The monoisotopic (exact) mass is 250 g/mol. The Morgan fingerprint density at radius 1 is 1.33 bits per heavy atom. The average molecular weight is 250 g/mol. The molecule has 18 heavy (non-hydrogen) atoms. The topological polar surface area (TPSA) is 42.7 Å². The highest BCUT2D eigenvalue weighted by Gasteiger charge is 2.24. The van der Waals surface area contributed by atoms with Crippen LogP contribution < -0.4 is 5.32 Å². The molecule has 1 aliphatic rings. The van der Waals surface area contributed by atoms with E-state index >= 15 is 0 Å². The van der Waals surface area contributed by atoms with Gasteiger partial charge in [0.2, 0.25) is 0 Å². The van der Waals surface area contributed by atoms with Gasteiger partial charge in [0.05, 0.1) is 5.69 Å². The molecule has 1 aromatic rings. The van der Waals surface area contributed by atoms with Crippen LogP contribution in [0.15, 0.2) is 6.20 Å². The molecule has 0 aromatic carbocycles. The van der Waals surface area contributed by atoms with Gasteiger partial charge in [0.15, 0.2) is 0 Å². The quantitative estimate of drug-likeness (QED) is 0.815. The fraction of sp³-hybridized carbons (Fsp3) is 0.857. The zero-order valence-electron chi connectivity index (χ0n) is 11.7. The third-order valence-electron chi connectivity index (χ3n) is 3.94. The largest absolute Gasteiger partial charge is 0.314 e. The summed E-state index contributed by atoms with van der Waals surface area (Å²) in [7, 11) is 1.94. The van der Waals surface area contributed by atoms with Gasteiger partial charge in [-0.3, -0.25) is 4.68 Å². The molecule has 2 rings (SSSR count). The highest BCUT2D eigenvalue weighted by Crippen LogP contribution is 2.26. The van der Waals surface area contributed by atoms with Crippen LogP contribution in [0.1, 0.15) is 51.1 Å². The predicted octanol–water partition coefficient (Wildman–Crippen LogP) is 2.31. The third-order valence-corrected chi connectivity index (χ3v) is 3.94. The first-order valence-corrected chi connectivity index (χ1v) is 7.38. The Kier molecular flexibility index (Phi) is 5.17. The molecule has 2 atom stereocenters. The van der Waals surface area contributed by atoms with Gasteiger partial charge in [0, 0.05) is 19.3 Å². The summed E-state index contributed by atoms with van der Waals surface area (Å²) in [5.41, 5.74) is 1.15. The number of nitrogens with zero attached hydrogens (tertiary/aromatic N) is 3. The Hall–Kier alpha value is -0.900. The summed E-state index contributed by atoms with van der Waals surface area (Å²) in [6.07, 6.45) is 11.1. The second-order valence-corrected chi connectivity index (χ2v) is 5.55. The van der Waals surface area contributed by atoms with Crippen LogP contribution in [0.5, 0.6) is 0 Å². The van der Waals surface area contributed by atoms with E-state index in [9.17, 15) is 0 Å². The van der Waals surface area contributed by atoms with Gasteiger partial charge in [0.1, 0.15) is 0 Å². The summed E-state index contributed by atoms with van der Waals surface area (Å²) in [5.74, 6) is 0.732. The molecule has 0 spiro atoms. The molecule has 1 aliphatic carbocycles. The normalized spacial score (nSPS) is 25.0. The first kappa shape index (κ1) is 13.5. The van der Waals surface area contributed by atoms with Gasteiger partial charge in [-0.1, -0.05) is 31.4 Å². The van der Waals surface area contributed by atoms with Crippen molar-refractivity contribution in [2.24, 2.45) is 13.0 Å². The van der Waals surface area contributed by atoms with Crippen molar-refractivity contribution in [3.8, 4) is 0 Å². The molecule has 1 N–H and O–H groups in total. The first-order valence-electron chi connectivity index (χ1n) is 7.38. The van der Waals surface area contributed by atoms with Gasteiger partial charge in [-0.05, 0) is 38.1 Å². The van der Waals surface area contributed by atoms with Gasteiger partial charge in [-0.25, -0.2) is 0 Å². The molecule has 0 bridgehead atoms. The molecule has 102 valence electrons. The van der Waals surface area contributed by atoms with Crippen molar-refractivity contribution >= 4 is 0 Å². The van der Waals surface area contributed by atoms with Crippen LogP contribution in [-0.4, -0.2) is 27.6 Å². The van der Waals surface area contributed by atoms with E-state index < -0.39 is 0 Å². The minimum absolute atomic E-state index is 0.675. The van der Waals surface area contributed by atoms with Crippen molar-refractivity contribution in [1.82, 2.24) is 20.3 Å². The summed E-state index contributed by atoms with van der Waals surface area (Å²) in [5, 5.41) is 12.0. The van der Waals surface area contributed by atoms with E-state index in [1.54, 1.807) is 4.68 Å². The van der Waals surface area contributed by atoms with E-state index in [1.165, 1.54) is 38.5 Å². The van der Waals surface area contributed by atoms with Crippen molar-refractivity contribution in [3.05, 3.63) is 11.9 Å². The Bertz CT molecular complexity index is 347. The predicted molar refractivity (Wildman–Crippen MR) is 73.4 cm³/mol. The second kappa shape index (κ2) is 6.88. The Labute approximate surface area is 110 Å². The molecular formula is C14H26N4. The lowest BCUT2D eigenvalue weighted by Crippen LogP contribution is -2.37. The van der Waals surface area contributed by atoms with Gasteiger partial charge in [-0.15, -0.1) is 5.10 Å². The minimum atomic E-state index is 0.675. The van der Waals surface area contributed by atoms with Gasteiger partial charge < -0.3 is 5.32 Å². The number of aryl methyl sites for hydroxylation is 1. The molecule has 1 saturated carbocycles. The van der Waals surface area contributed by atoms with E-state index in [1.807, 2.05) is 7.05 Å². The number of rotatable bonds is 5. The third kappa shape index (κ3) is 3.80. The van der Waals surface area contributed by atoms with Crippen LogP contribution in [0.4, 0.5) is 0 Å². The van der Waals surface area contributed by atoms with E-state index in [-0.39, 0.29) is 0 Å². The molecule has 2 unspecified atom stereocenters. The molecule has 0 aliphatic heterocycles. The van der Waals surface area contributed by atoms with Crippen LogP contribution in [0.2, 0.25) is 0 Å². The zero-order valence-corrected chi connectivity index (χ0v) is 11.7. The van der Waals surface area contributed by atoms with E-state index in [2.05, 4.69) is 28.7 Å². The van der Waals surface area contributed by atoms with E-state index in [0.717, 1.165) is 24.6 Å². The number of aromatic nitrogens is 3. The van der Waals surface area contributed by atoms with Crippen LogP contribution >= 0.6 is 0 Å². The lowest BCUT2D eigenvalue weighted by molar-refractivity contribution is 0.330. The van der Waals surface area contributed by atoms with Gasteiger partial charge in [0.25, 0.3) is 0 Å². The van der Waals surface area contributed by atoms with Gasteiger partial charge >= 0.3 is 0 Å². The Balaban J connectivity index is 1.96. The fourth-order valence-corrected chi connectivity index (χ4v) is 2.98. The van der Waals surface area contributed by atoms with Crippen LogP contribution in [0.3, 0.4) is 0 Å². The highest BCUT2D eigenvalue weighted by atomic mass is 15.4. The average Bonchev–Trinajstić information content (AvgIpc) is 2.64. The number of nitrogens with one attached hydrogen (secondary N) is 1. The highest BCUT2D eigenvalue weighted by molar-refractivity contribution is 4.96. The first-order chi connectivity index (χ1) is 8.79. The molecule has 1 aromatic heterocycles. The zero-order chi connectivity index (χ0) is 12.8. The van der Waals surface area contributed by atoms with E-state index in [0.29, 0.717) is 6.04 Å². The molecule has 4 heteroatoms. The summed E-state index contributed by atoms with van der Waals surface area (Å²) in [6, 6.07) is 0.675. The Morgan fingerprint density at radius 2 is 2.17 bits per heavy atom. The van der Waals surface area contributed by atoms with Crippen molar-refractivity contribution < 1.29 is 0 Å². The SMILES string of the molecule is CCCNC1CCCCCC1Cc1cn(C)nn1. The standard InChI is InChI=1S/C14H26N4/c1-3-9-15-14-8-6-4-5-7-12(14)10-13-11-18(2)17-16-13/h11-12,14-15H,3-10H2,1-2H3. The number of hydrogen-bond acceptors (Lipinski definition) is 3. The molecule has 0 saturated heterocycles. The second-order valence-electron chi connectivity index (χ2n) is 5.55. The summed E-state index contributed by atoms with van der Waals surface area (Å²) < 4.78 is 1.81. The smallest absolute Gasteiger partial charge is 0.0830 e. The summed E-state index contributed by atoms with van der Waals surface area (Å²) >= 11 is 0. The molecule has 4 nitrogen and oxygen atoms in total. The summed E-state index contributed by atoms with van der Waals surface area (Å²) in [4.78, 5) is 0. The summed E-state index contributed by atoms with van der Waals surface area (Å²) in [6.45, 7) is 3.38. The number of hydrogen-bond donors (Lipinski definition) is 1. The van der Waals surface area contributed by atoms with E-state index in [4.69, 9.17) is 0 Å². The van der Waals surface area contributed by atoms with Crippen molar-refractivity contribution in [2.45, 2.75) is 57.9 Å². The fourth-order valence-electron chi connectivity index (χ4n) is 2.98. The van der Waals surface area contributed by atoms with Crippen molar-refractivity contribution in [3.63, 3.8) is 0 Å². The van der Waals surface area contributed by atoms with Crippen molar-refractivity contribution in [1.29, 1.82) is 0 Å². The lowest BCUT2D eigenvalue weighted by Gasteiger charge is -2.25. The van der Waals surface area contributed by atoms with Gasteiger partial charge in [-0.2, -0.15) is 0 Å². The maximum Gasteiger partial charge on any atom is 0.0830 e. The maximum atomic E-state index is 4.24. The molecule has 0 amide bonds. The molecular weight excluding hydrogens is 224 g/mol. The van der Waals surface area contributed by atoms with Crippen LogP contribution in [0.25, 0.3) is 0 Å². The maximum absolute atomic E-state index is 4.24.